The van der Waals surface area contributed by atoms with Crippen LogP contribution >= 0.6 is 0 Å². The minimum absolute atomic E-state index is 0.0652. The summed E-state index contributed by atoms with van der Waals surface area (Å²) in [7, 11) is 0. The Bertz CT molecular complexity index is 540. The van der Waals surface area contributed by atoms with Crippen molar-refractivity contribution in [2.45, 2.75) is 18.9 Å². The fourth-order valence-electron chi connectivity index (χ4n) is 1.72. The zero-order chi connectivity index (χ0) is 12.3. The van der Waals surface area contributed by atoms with Crippen molar-refractivity contribution >= 4 is 16.9 Å². The molecule has 88 valence electrons. The van der Waals surface area contributed by atoms with Crippen molar-refractivity contribution in [3.05, 3.63) is 42.1 Å². The number of carboxylic acids is 1. The number of pyridine rings is 1. The normalized spacial score (nSPS) is 12.5. The minimum atomic E-state index is -0.832. The summed E-state index contributed by atoms with van der Waals surface area (Å²) < 4.78 is 0. The molecule has 1 heterocycles. The molecule has 0 bridgehead atoms. The molecule has 0 saturated carbocycles. The van der Waals surface area contributed by atoms with Crippen LogP contribution in [0.25, 0.3) is 10.9 Å². The molecule has 1 aromatic heterocycles. The molecule has 0 amide bonds. The maximum atomic E-state index is 10.5. The maximum Gasteiger partial charge on any atom is 0.303 e. The van der Waals surface area contributed by atoms with Crippen LogP contribution in [-0.2, 0) is 4.79 Å². The molecule has 1 atom stereocenters. The molecule has 3 N–H and O–H groups in total. The van der Waals surface area contributed by atoms with Crippen LogP contribution in [0, 0.1) is 0 Å². The van der Waals surface area contributed by atoms with Gasteiger partial charge in [0, 0.05) is 17.8 Å². The molecule has 0 aliphatic rings. The van der Waals surface area contributed by atoms with E-state index in [1.54, 1.807) is 0 Å². The van der Waals surface area contributed by atoms with Crippen molar-refractivity contribution in [1.29, 1.82) is 0 Å². The Balaban J connectivity index is 2.20. The molecule has 0 fully saturated rings. The predicted octanol–water partition coefficient (Wildman–Crippen LogP) is 2.10. The summed E-state index contributed by atoms with van der Waals surface area (Å²) >= 11 is 0. The Hall–Kier alpha value is -1.94. The molecular formula is C13H14N2O2. The Morgan fingerprint density at radius 3 is 2.82 bits per heavy atom. The van der Waals surface area contributed by atoms with E-state index in [9.17, 15) is 4.79 Å². The van der Waals surface area contributed by atoms with Gasteiger partial charge in [-0.3, -0.25) is 9.78 Å². The lowest BCUT2D eigenvalue weighted by Crippen LogP contribution is -2.13. The third-order valence-corrected chi connectivity index (χ3v) is 2.67. The van der Waals surface area contributed by atoms with E-state index in [1.807, 2.05) is 36.4 Å². The highest BCUT2D eigenvalue weighted by atomic mass is 16.4. The van der Waals surface area contributed by atoms with E-state index >= 15 is 0 Å². The average Bonchev–Trinajstić information content (AvgIpc) is 2.35. The Labute approximate surface area is 99.1 Å². The fraction of sp³-hybridized carbons (Fsp3) is 0.231. The van der Waals surface area contributed by atoms with Crippen LogP contribution in [0.2, 0.25) is 0 Å². The van der Waals surface area contributed by atoms with Crippen LogP contribution in [0.4, 0.5) is 0 Å². The van der Waals surface area contributed by atoms with E-state index in [0.717, 1.165) is 16.6 Å². The number of hydrogen-bond acceptors (Lipinski definition) is 3. The third-order valence-electron chi connectivity index (χ3n) is 2.67. The first-order valence-electron chi connectivity index (χ1n) is 5.50. The standard InChI is InChI=1S/C13H14N2O2/c14-10(6-8-13(16)17)12-7-5-9-3-1-2-4-11(9)15-12/h1-5,7,10H,6,8,14H2,(H,16,17). The first-order chi connectivity index (χ1) is 8.16. The highest BCUT2D eigenvalue weighted by molar-refractivity contribution is 5.78. The third kappa shape index (κ3) is 2.79. The molecule has 0 spiro atoms. The van der Waals surface area contributed by atoms with Gasteiger partial charge in [-0.1, -0.05) is 24.3 Å². The van der Waals surface area contributed by atoms with E-state index in [4.69, 9.17) is 10.8 Å². The van der Waals surface area contributed by atoms with Gasteiger partial charge < -0.3 is 10.8 Å². The van der Waals surface area contributed by atoms with Crippen LogP contribution in [0.5, 0.6) is 0 Å². The first kappa shape index (κ1) is 11.5. The van der Waals surface area contributed by atoms with E-state index in [1.165, 1.54) is 0 Å². The minimum Gasteiger partial charge on any atom is -0.481 e. The lowest BCUT2D eigenvalue weighted by molar-refractivity contribution is -0.137. The molecule has 4 heteroatoms. The summed E-state index contributed by atoms with van der Waals surface area (Å²) in [6, 6.07) is 11.3. The molecule has 0 radical (unpaired) electrons. The monoisotopic (exact) mass is 230 g/mol. The number of aromatic nitrogens is 1. The Kier molecular flexibility index (Phi) is 3.35. The molecule has 4 nitrogen and oxygen atoms in total. The molecule has 0 aliphatic carbocycles. The molecule has 2 rings (SSSR count). The Morgan fingerprint density at radius 1 is 1.29 bits per heavy atom. The number of para-hydroxylation sites is 1. The zero-order valence-electron chi connectivity index (χ0n) is 9.34. The van der Waals surface area contributed by atoms with Crippen molar-refractivity contribution in [1.82, 2.24) is 4.98 Å². The SMILES string of the molecule is NC(CCC(=O)O)c1ccc2ccccc2n1. The van der Waals surface area contributed by atoms with Gasteiger partial charge in [0.05, 0.1) is 11.2 Å². The van der Waals surface area contributed by atoms with Gasteiger partial charge in [-0.25, -0.2) is 0 Å². The number of rotatable bonds is 4. The van der Waals surface area contributed by atoms with Gasteiger partial charge in [0.15, 0.2) is 0 Å². The molecule has 1 unspecified atom stereocenters. The van der Waals surface area contributed by atoms with Crippen molar-refractivity contribution < 1.29 is 9.90 Å². The number of hydrogen-bond donors (Lipinski definition) is 2. The van der Waals surface area contributed by atoms with Crippen molar-refractivity contribution in [3.8, 4) is 0 Å². The van der Waals surface area contributed by atoms with Gasteiger partial charge in [0.25, 0.3) is 0 Å². The lowest BCUT2D eigenvalue weighted by Gasteiger charge is -2.10. The summed E-state index contributed by atoms with van der Waals surface area (Å²) in [6.07, 6.45) is 0.469. The number of nitrogens with zero attached hydrogens (tertiary/aromatic N) is 1. The first-order valence-corrected chi connectivity index (χ1v) is 5.50. The summed E-state index contributed by atoms with van der Waals surface area (Å²) in [5, 5.41) is 9.66. The van der Waals surface area contributed by atoms with E-state index in [-0.39, 0.29) is 12.5 Å². The van der Waals surface area contributed by atoms with Crippen molar-refractivity contribution in [2.24, 2.45) is 5.73 Å². The van der Waals surface area contributed by atoms with Gasteiger partial charge in [-0.05, 0) is 18.6 Å². The quantitative estimate of drug-likeness (QED) is 0.843. The summed E-state index contributed by atoms with van der Waals surface area (Å²) in [5.74, 6) is -0.832. The van der Waals surface area contributed by atoms with E-state index in [0.29, 0.717) is 6.42 Å². The fourth-order valence-corrected chi connectivity index (χ4v) is 1.72. The van der Waals surface area contributed by atoms with Gasteiger partial charge >= 0.3 is 5.97 Å². The van der Waals surface area contributed by atoms with Gasteiger partial charge in [0.2, 0.25) is 0 Å². The number of fused-ring (bicyclic) bond motifs is 1. The van der Waals surface area contributed by atoms with Gasteiger partial charge in [0.1, 0.15) is 0 Å². The Morgan fingerprint density at radius 2 is 2.06 bits per heavy atom. The highest BCUT2D eigenvalue weighted by Gasteiger charge is 2.10. The van der Waals surface area contributed by atoms with Crippen molar-refractivity contribution in [3.63, 3.8) is 0 Å². The molecule has 2 aromatic rings. The molecule has 17 heavy (non-hydrogen) atoms. The van der Waals surface area contributed by atoms with Crippen LogP contribution in [-0.4, -0.2) is 16.1 Å². The second kappa shape index (κ2) is 4.93. The summed E-state index contributed by atoms with van der Waals surface area (Å²) in [6.45, 7) is 0. The summed E-state index contributed by atoms with van der Waals surface area (Å²) in [5.41, 5.74) is 7.53. The lowest BCUT2D eigenvalue weighted by atomic mass is 10.1. The second-order valence-electron chi connectivity index (χ2n) is 3.97. The van der Waals surface area contributed by atoms with Crippen LogP contribution in [0.3, 0.4) is 0 Å². The highest BCUT2D eigenvalue weighted by Crippen LogP contribution is 2.18. The second-order valence-corrected chi connectivity index (χ2v) is 3.97. The van der Waals surface area contributed by atoms with Gasteiger partial charge in [-0.15, -0.1) is 0 Å². The predicted molar refractivity (Wildman–Crippen MR) is 65.5 cm³/mol. The number of carboxylic acid groups (broad SMARTS) is 1. The van der Waals surface area contributed by atoms with E-state index in [2.05, 4.69) is 4.98 Å². The zero-order valence-corrected chi connectivity index (χ0v) is 9.34. The molecule has 0 aliphatic heterocycles. The number of aliphatic carboxylic acids is 1. The number of nitrogens with two attached hydrogens (primary N) is 1. The largest absolute Gasteiger partial charge is 0.481 e. The molecule has 0 saturated heterocycles. The maximum absolute atomic E-state index is 10.5. The topological polar surface area (TPSA) is 76.2 Å². The summed E-state index contributed by atoms with van der Waals surface area (Å²) in [4.78, 5) is 14.9. The average molecular weight is 230 g/mol. The molecule has 1 aromatic carbocycles. The molecular weight excluding hydrogens is 216 g/mol. The van der Waals surface area contributed by atoms with Crippen LogP contribution < -0.4 is 5.73 Å². The van der Waals surface area contributed by atoms with Gasteiger partial charge in [-0.2, -0.15) is 0 Å². The number of carbonyl (C=O) groups is 1. The van der Waals surface area contributed by atoms with E-state index < -0.39 is 5.97 Å². The number of benzene rings is 1. The smallest absolute Gasteiger partial charge is 0.303 e. The van der Waals surface area contributed by atoms with Crippen LogP contribution in [0.1, 0.15) is 24.6 Å². The van der Waals surface area contributed by atoms with Crippen LogP contribution in [0.15, 0.2) is 36.4 Å². The van der Waals surface area contributed by atoms with Crippen molar-refractivity contribution in [2.75, 3.05) is 0 Å².